The van der Waals surface area contributed by atoms with E-state index >= 15 is 0 Å². The molecule has 1 aromatic heterocycles. The lowest BCUT2D eigenvalue weighted by Gasteiger charge is -2.11. The van der Waals surface area contributed by atoms with Crippen LogP contribution in [0.4, 0.5) is 5.69 Å². The van der Waals surface area contributed by atoms with Crippen molar-refractivity contribution in [1.82, 2.24) is 4.57 Å². The molecule has 1 amide bonds. The lowest BCUT2D eigenvalue weighted by molar-refractivity contribution is -0.118. The Kier molecular flexibility index (Phi) is 4.76. The molecular formula is C19H17ClN2O3. The molecule has 1 heterocycles. The number of hydrogen-bond donors (Lipinski definition) is 1. The summed E-state index contributed by atoms with van der Waals surface area (Å²) in [7, 11) is 1.69. The molecule has 3 aromatic rings. The molecule has 5 nitrogen and oxygen atoms in total. The van der Waals surface area contributed by atoms with Crippen LogP contribution in [0.3, 0.4) is 0 Å². The fraction of sp³-hybridized carbons (Fsp3) is 0.158. The SMILES string of the molecule is Cc1ccc(NC(=O)COc2cccc3c(=O)n(C)ccc23)cc1Cl. The van der Waals surface area contributed by atoms with E-state index < -0.39 is 0 Å². The summed E-state index contributed by atoms with van der Waals surface area (Å²) in [6.45, 7) is 1.72. The molecule has 2 aromatic carbocycles. The number of halogens is 1. The number of rotatable bonds is 4. The number of anilines is 1. The summed E-state index contributed by atoms with van der Waals surface area (Å²) in [5.41, 5.74) is 1.44. The van der Waals surface area contributed by atoms with E-state index in [1.807, 2.05) is 13.0 Å². The maximum absolute atomic E-state index is 12.1. The highest BCUT2D eigenvalue weighted by atomic mass is 35.5. The Hall–Kier alpha value is -2.79. The number of nitrogens with one attached hydrogen (secondary N) is 1. The molecule has 6 heteroatoms. The fourth-order valence-electron chi connectivity index (χ4n) is 2.48. The monoisotopic (exact) mass is 356 g/mol. The van der Waals surface area contributed by atoms with Crippen molar-refractivity contribution in [3.05, 3.63) is 69.6 Å². The summed E-state index contributed by atoms with van der Waals surface area (Å²) in [6.07, 6.45) is 1.67. The van der Waals surface area contributed by atoms with Crippen LogP contribution in [0.5, 0.6) is 5.75 Å². The van der Waals surface area contributed by atoms with Gasteiger partial charge in [0.1, 0.15) is 5.75 Å². The quantitative estimate of drug-likeness (QED) is 0.778. The molecule has 0 aliphatic carbocycles. The van der Waals surface area contributed by atoms with Gasteiger partial charge in [0, 0.05) is 29.3 Å². The minimum atomic E-state index is -0.305. The molecule has 0 radical (unpaired) electrons. The number of aromatic nitrogens is 1. The number of hydrogen-bond acceptors (Lipinski definition) is 3. The Morgan fingerprint density at radius 1 is 1.20 bits per heavy atom. The van der Waals surface area contributed by atoms with Crippen molar-refractivity contribution in [1.29, 1.82) is 0 Å². The fourth-order valence-corrected chi connectivity index (χ4v) is 2.66. The normalized spacial score (nSPS) is 10.7. The van der Waals surface area contributed by atoms with Gasteiger partial charge in [-0.3, -0.25) is 9.59 Å². The molecule has 0 aliphatic heterocycles. The zero-order valence-electron chi connectivity index (χ0n) is 13.9. The van der Waals surface area contributed by atoms with Crippen molar-refractivity contribution in [2.24, 2.45) is 7.05 Å². The molecule has 128 valence electrons. The van der Waals surface area contributed by atoms with Gasteiger partial charge in [0.05, 0.1) is 5.39 Å². The van der Waals surface area contributed by atoms with Crippen molar-refractivity contribution < 1.29 is 9.53 Å². The van der Waals surface area contributed by atoms with E-state index in [0.29, 0.717) is 27.2 Å². The first kappa shape index (κ1) is 17.0. The highest BCUT2D eigenvalue weighted by molar-refractivity contribution is 6.31. The van der Waals surface area contributed by atoms with Crippen molar-refractivity contribution in [2.75, 3.05) is 11.9 Å². The Morgan fingerprint density at radius 2 is 2.00 bits per heavy atom. The molecule has 0 bridgehead atoms. The average Bonchev–Trinajstić information content (AvgIpc) is 2.59. The highest BCUT2D eigenvalue weighted by Crippen LogP contribution is 2.23. The maximum atomic E-state index is 12.1. The first-order chi connectivity index (χ1) is 12.0. The van der Waals surface area contributed by atoms with Gasteiger partial charge in [-0.15, -0.1) is 0 Å². The third kappa shape index (κ3) is 3.67. The largest absolute Gasteiger partial charge is 0.483 e. The van der Waals surface area contributed by atoms with E-state index in [-0.39, 0.29) is 18.1 Å². The first-order valence-electron chi connectivity index (χ1n) is 7.73. The summed E-state index contributed by atoms with van der Waals surface area (Å²) < 4.78 is 7.11. The van der Waals surface area contributed by atoms with Gasteiger partial charge in [-0.1, -0.05) is 23.7 Å². The molecule has 1 N–H and O–H groups in total. The molecule has 0 aliphatic rings. The Morgan fingerprint density at radius 3 is 2.76 bits per heavy atom. The second-order valence-corrected chi connectivity index (χ2v) is 6.16. The summed E-state index contributed by atoms with van der Waals surface area (Å²) in [5, 5.41) is 4.55. The van der Waals surface area contributed by atoms with Crippen LogP contribution in [-0.2, 0) is 11.8 Å². The smallest absolute Gasteiger partial charge is 0.262 e. The summed E-state index contributed by atoms with van der Waals surface area (Å²) >= 11 is 6.05. The lowest BCUT2D eigenvalue weighted by atomic mass is 10.1. The van der Waals surface area contributed by atoms with Gasteiger partial charge in [0.15, 0.2) is 6.61 Å². The number of pyridine rings is 1. The van der Waals surface area contributed by atoms with Crippen LogP contribution in [0.2, 0.25) is 5.02 Å². The topological polar surface area (TPSA) is 60.3 Å². The molecule has 0 atom stereocenters. The second kappa shape index (κ2) is 6.99. The molecule has 25 heavy (non-hydrogen) atoms. The lowest BCUT2D eigenvalue weighted by Crippen LogP contribution is -2.20. The van der Waals surface area contributed by atoms with Gasteiger partial charge in [0.2, 0.25) is 0 Å². The number of carbonyl (C=O) groups excluding carboxylic acids is 1. The van der Waals surface area contributed by atoms with E-state index in [1.165, 1.54) is 4.57 Å². The van der Waals surface area contributed by atoms with Crippen molar-refractivity contribution in [3.8, 4) is 5.75 Å². The highest BCUT2D eigenvalue weighted by Gasteiger charge is 2.09. The Labute approximate surface area is 149 Å². The number of amides is 1. The zero-order chi connectivity index (χ0) is 18.0. The van der Waals surface area contributed by atoms with E-state index in [0.717, 1.165) is 5.56 Å². The van der Waals surface area contributed by atoms with E-state index in [2.05, 4.69) is 5.32 Å². The summed E-state index contributed by atoms with van der Waals surface area (Å²) in [4.78, 5) is 24.2. The van der Waals surface area contributed by atoms with Crippen LogP contribution in [-0.4, -0.2) is 17.1 Å². The number of nitrogens with zero attached hydrogens (tertiary/aromatic N) is 1. The molecular weight excluding hydrogens is 340 g/mol. The Bertz CT molecular complexity index is 1010. The predicted octanol–water partition coefficient (Wildman–Crippen LogP) is 3.52. The number of benzene rings is 2. The van der Waals surface area contributed by atoms with Gasteiger partial charge in [-0.2, -0.15) is 0 Å². The van der Waals surface area contributed by atoms with Gasteiger partial charge in [0.25, 0.3) is 11.5 Å². The average molecular weight is 357 g/mol. The van der Waals surface area contributed by atoms with Crippen LogP contribution in [0, 0.1) is 6.92 Å². The van der Waals surface area contributed by atoms with Crippen LogP contribution < -0.4 is 15.6 Å². The van der Waals surface area contributed by atoms with E-state index in [4.69, 9.17) is 16.3 Å². The van der Waals surface area contributed by atoms with Crippen molar-refractivity contribution in [3.63, 3.8) is 0 Å². The van der Waals surface area contributed by atoms with Crippen molar-refractivity contribution >= 4 is 34.0 Å². The summed E-state index contributed by atoms with van der Waals surface area (Å²) in [6, 6.07) is 12.3. The van der Waals surface area contributed by atoms with Crippen LogP contribution in [0.25, 0.3) is 10.8 Å². The second-order valence-electron chi connectivity index (χ2n) is 5.75. The first-order valence-corrected chi connectivity index (χ1v) is 8.10. The zero-order valence-corrected chi connectivity index (χ0v) is 14.6. The van der Waals surface area contributed by atoms with E-state index in [1.54, 1.807) is 49.6 Å². The molecule has 0 unspecified atom stereocenters. The standard InChI is InChI=1S/C19H17ClN2O3/c1-12-6-7-13(10-16(12)20)21-18(23)11-25-17-5-3-4-15-14(17)8-9-22(2)19(15)24/h3-10H,11H2,1-2H3,(H,21,23). The molecule has 0 saturated heterocycles. The number of aryl methyl sites for hydroxylation is 2. The van der Waals surface area contributed by atoms with Crippen LogP contribution in [0.1, 0.15) is 5.56 Å². The molecule has 0 saturated carbocycles. The molecule has 0 fully saturated rings. The number of ether oxygens (including phenoxy) is 1. The molecule has 0 spiro atoms. The predicted molar refractivity (Wildman–Crippen MR) is 99.5 cm³/mol. The third-order valence-electron chi connectivity index (χ3n) is 3.90. The minimum absolute atomic E-state index is 0.110. The number of carbonyl (C=O) groups is 1. The minimum Gasteiger partial charge on any atom is -0.483 e. The van der Waals surface area contributed by atoms with Gasteiger partial charge >= 0.3 is 0 Å². The summed E-state index contributed by atoms with van der Waals surface area (Å²) in [5.74, 6) is 0.188. The maximum Gasteiger partial charge on any atom is 0.262 e. The molecule has 3 rings (SSSR count). The third-order valence-corrected chi connectivity index (χ3v) is 4.30. The van der Waals surface area contributed by atoms with Crippen LogP contribution >= 0.6 is 11.6 Å². The van der Waals surface area contributed by atoms with Gasteiger partial charge in [-0.05, 0) is 42.8 Å². The van der Waals surface area contributed by atoms with Crippen molar-refractivity contribution in [2.45, 2.75) is 6.92 Å². The van der Waals surface area contributed by atoms with Gasteiger partial charge in [-0.25, -0.2) is 0 Å². The van der Waals surface area contributed by atoms with E-state index in [9.17, 15) is 9.59 Å². The Balaban J connectivity index is 1.74. The van der Waals surface area contributed by atoms with Crippen LogP contribution in [0.15, 0.2) is 53.5 Å². The van der Waals surface area contributed by atoms with Gasteiger partial charge < -0.3 is 14.6 Å². The number of fused-ring (bicyclic) bond motifs is 1.